The van der Waals surface area contributed by atoms with E-state index in [1.807, 2.05) is 53.2 Å². The van der Waals surface area contributed by atoms with Crippen LogP contribution in [0.4, 0.5) is 5.69 Å². The molecular weight excluding hydrogens is 328 g/mol. The zero-order chi connectivity index (χ0) is 17.9. The molecule has 6 heteroatoms. The van der Waals surface area contributed by atoms with Crippen LogP contribution in [-0.2, 0) is 0 Å². The lowest BCUT2D eigenvalue weighted by atomic mass is 10.1. The van der Waals surface area contributed by atoms with Gasteiger partial charge < -0.3 is 10.1 Å². The average Bonchev–Trinajstić information content (AvgIpc) is 3.12. The molecule has 0 aliphatic rings. The summed E-state index contributed by atoms with van der Waals surface area (Å²) in [5.41, 5.74) is 2.85. The normalized spacial score (nSPS) is 10.7. The minimum absolute atomic E-state index is 0.226. The van der Waals surface area contributed by atoms with Gasteiger partial charge in [0.05, 0.1) is 18.4 Å². The van der Waals surface area contributed by atoms with Crippen molar-refractivity contribution in [3.8, 4) is 17.0 Å². The van der Waals surface area contributed by atoms with Crippen LogP contribution in [-0.4, -0.2) is 27.4 Å². The highest BCUT2D eigenvalue weighted by Crippen LogP contribution is 2.24. The number of imidazole rings is 1. The maximum absolute atomic E-state index is 12.6. The summed E-state index contributed by atoms with van der Waals surface area (Å²) in [5, 5.41) is 2.91. The molecular formula is C20H16N4O2. The fraction of sp³-hybridized carbons (Fsp3) is 0.0500. The van der Waals surface area contributed by atoms with Gasteiger partial charge in [-0.25, -0.2) is 9.97 Å². The number of nitrogens with one attached hydrogen (secondary N) is 1. The zero-order valence-corrected chi connectivity index (χ0v) is 14.1. The Kier molecular flexibility index (Phi) is 4.07. The van der Waals surface area contributed by atoms with E-state index in [4.69, 9.17) is 4.74 Å². The van der Waals surface area contributed by atoms with Crippen molar-refractivity contribution in [3.63, 3.8) is 0 Å². The van der Waals surface area contributed by atoms with Gasteiger partial charge in [-0.15, -0.1) is 0 Å². The van der Waals surface area contributed by atoms with E-state index in [1.54, 1.807) is 31.5 Å². The molecule has 128 valence electrons. The summed E-state index contributed by atoms with van der Waals surface area (Å²) >= 11 is 0. The third-order valence-corrected chi connectivity index (χ3v) is 4.00. The van der Waals surface area contributed by atoms with Crippen molar-refractivity contribution in [2.24, 2.45) is 0 Å². The lowest BCUT2D eigenvalue weighted by molar-refractivity contribution is 0.102. The molecule has 0 aliphatic carbocycles. The third kappa shape index (κ3) is 3.00. The first-order valence-electron chi connectivity index (χ1n) is 8.09. The molecule has 0 bridgehead atoms. The predicted octanol–water partition coefficient (Wildman–Crippen LogP) is 3.66. The third-order valence-electron chi connectivity index (χ3n) is 4.00. The standard InChI is InChI=1S/C20H16N4O2/c1-26-18-9-3-2-8-16(18)19(25)22-15-7-4-6-14(12-15)17-13-24-11-5-10-21-20(24)23-17/h2-13H,1H3,(H,22,25). The van der Waals surface area contributed by atoms with Crippen LogP contribution < -0.4 is 10.1 Å². The molecule has 2 aromatic carbocycles. The lowest BCUT2D eigenvalue weighted by Gasteiger charge is -2.09. The van der Waals surface area contributed by atoms with Crippen molar-refractivity contribution in [2.45, 2.75) is 0 Å². The Hall–Kier alpha value is -3.67. The maximum Gasteiger partial charge on any atom is 0.259 e. The Morgan fingerprint density at radius 3 is 2.85 bits per heavy atom. The summed E-state index contributed by atoms with van der Waals surface area (Å²) in [4.78, 5) is 21.3. The summed E-state index contributed by atoms with van der Waals surface area (Å²) in [6, 6.07) is 16.5. The van der Waals surface area contributed by atoms with Crippen LogP contribution in [0, 0.1) is 0 Å². The number of carbonyl (C=O) groups excluding carboxylic acids is 1. The first-order chi connectivity index (χ1) is 12.7. The van der Waals surface area contributed by atoms with Gasteiger partial charge in [0.25, 0.3) is 5.91 Å². The minimum Gasteiger partial charge on any atom is -0.496 e. The van der Waals surface area contributed by atoms with Crippen molar-refractivity contribution in [3.05, 3.63) is 78.8 Å². The number of ether oxygens (including phenoxy) is 1. The predicted molar refractivity (Wildman–Crippen MR) is 99.4 cm³/mol. The molecule has 4 aromatic rings. The van der Waals surface area contributed by atoms with Crippen molar-refractivity contribution in [1.82, 2.24) is 14.4 Å². The van der Waals surface area contributed by atoms with Gasteiger partial charge in [-0.2, -0.15) is 0 Å². The highest BCUT2D eigenvalue weighted by atomic mass is 16.5. The number of carbonyl (C=O) groups is 1. The molecule has 2 aromatic heterocycles. The molecule has 0 saturated heterocycles. The van der Waals surface area contributed by atoms with Gasteiger partial charge in [0, 0.05) is 29.8 Å². The van der Waals surface area contributed by atoms with Gasteiger partial charge in [-0.05, 0) is 30.3 Å². The van der Waals surface area contributed by atoms with Crippen molar-refractivity contribution in [2.75, 3.05) is 12.4 Å². The van der Waals surface area contributed by atoms with E-state index >= 15 is 0 Å². The molecule has 0 atom stereocenters. The fourth-order valence-electron chi connectivity index (χ4n) is 2.76. The molecule has 0 unspecified atom stereocenters. The van der Waals surface area contributed by atoms with Crippen LogP contribution in [0.2, 0.25) is 0 Å². The Bertz CT molecular complexity index is 1050. The van der Waals surface area contributed by atoms with Gasteiger partial charge in [0.2, 0.25) is 5.78 Å². The molecule has 4 rings (SSSR count). The molecule has 2 heterocycles. The Morgan fingerprint density at radius 2 is 2.00 bits per heavy atom. The number of fused-ring (bicyclic) bond motifs is 1. The first-order valence-corrected chi connectivity index (χ1v) is 8.09. The molecule has 1 N–H and O–H groups in total. The zero-order valence-electron chi connectivity index (χ0n) is 14.1. The molecule has 6 nitrogen and oxygen atoms in total. The van der Waals surface area contributed by atoms with Crippen LogP contribution >= 0.6 is 0 Å². The molecule has 0 radical (unpaired) electrons. The highest BCUT2D eigenvalue weighted by Gasteiger charge is 2.12. The van der Waals surface area contributed by atoms with E-state index in [2.05, 4.69) is 15.3 Å². The summed E-state index contributed by atoms with van der Waals surface area (Å²) < 4.78 is 7.11. The number of hydrogen-bond donors (Lipinski definition) is 1. The fourth-order valence-corrected chi connectivity index (χ4v) is 2.76. The molecule has 0 spiro atoms. The number of benzene rings is 2. The number of anilines is 1. The number of rotatable bonds is 4. The van der Waals surface area contributed by atoms with Crippen LogP contribution in [0.5, 0.6) is 5.75 Å². The molecule has 0 fully saturated rings. The quantitative estimate of drug-likeness (QED) is 0.613. The average molecular weight is 344 g/mol. The van der Waals surface area contributed by atoms with E-state index in [1.165, 1.54) is 0 Å². The Morgan fingerprint density at radius 1 is 1.12 bits per heavy atom. The van der Waals surface area contributed by atoms with E-state index in [0.717, 1.165) is 11.3 Å². The summed E-state index contributed by atoms with van der Waals surface area (Å²) in [6.07, 6.45) is 5.51. The maximum atomic E-state index is 12.6. The van der Waals surface area contributed by atoms with Gasteiger partial charge in [-0.1, -0.05) is 24.3 Å². The van der Waals surface area contributed by atoms with Crippen LogP contribution in [0.1, 0.15) is 10.4 Å². The number of para-hydroxylation sites is 1. The summed E-state index contributed by atoms with van der Waals surface area (Å²) in [7, 11) is 1.55. The van der Waals surface area contributed by atoms with E-state index in [0.29, 0.717) is 22.8 Å². The second-order valence-electron chi connectivity index (χ2n) is 5.69. The smallest absolute Gasteiger partial charge is 0.259 e. The Labute approximate surface area is 150 Å². The number of amides is 1. The number of aromatic nitrogens is 3. The topological polar surface area (TPSA) is 68.5 Å². The van der Waals surface area contributed by atoms with Crippen LogP contribution in [0.15, 0.2) is 73.2 Å². The molecule has 1 amide bonds. The van der Waals surface area contributed by atoms with E-state index in [9.17, 15) is 4.79 Å². The van der Waals surface area contributed by atoms with Gasteiger partial charge in [0.1, 0.15) is 5.75 Å². The monoisotopic (exact) mass is 344 g/mol. The summed E-state index contributed by atoms with van der Waals surface area (Å²) in [5.74, 6) is 0.940. The second kappa shape index (κ2) is 6.68. The SMILES string of the molecule is COc1ccccc1C(=O)Nc1cccc(-c2cn3cccnc3n2)c1. The highest BCUT2D eigenvalue weighted by molar-refractivity contribution is 6.06. The van der Waals surface area contributed by atoms with Gasteiger partial charge >= 0.3 is 0 Å². The molecule has 26 heavy (non-hydrogen) atoms. The Balaban J connectivity index is 1.62. The molecule has 0 saturated carbocycles. The second-order valence-corrected chi connectivity index (χ2v) is 5.69. The largest absolute Gasteiger partial charge is 0.496 e. The number of methoxy groups -OCH3 is 1. The lowest BCUT2D eigenvalue weighted by Crippen LogP contribution is -2.13. The van der Waals surface area contributed by atoms with Crippen molar-refractivity contribution >= 4 is 17.4 Å². The van der Waals surface area contributed by atoms with E-state index in [-0.39, 0.29) is 5.91 Å². The van der Waals surface area contributed by atoms with E-state index < -0.39 is 0 Å². The number of hydrogen-bond acceptors (Lipinski definition) is 4. The molecule has 0 aliphatic heterocycles. The van der Waals surface area contributed by atoms with Crippen molar-refractivity contribution in [1.29, 1.82) is 0 Å². The van der Waals surface area contributed by atoms with Gasteiger partial charge in [-0.3, -0.25) is 9.20 Å². The first kappa shape index (κ1) is 15.8. The number of nitrogens with zero attached hydrogens (tertiary/aromatic N) is 3. The summed E-state index contributed by atoms with van der Waals surface area (Å²) in [6.45, 7) is 0. The van der Waals surface area contributed by atoms with Crippen molar-refractivity contribution < 1.29 is 9.53 Å². The van der Waals surface area contributed by atoms with Crippen LogP contribution in [0.3, 0.4) is 0 Å². The van der Waals surface area contributed by atoms with Crippen LogP contribution in [0.25, 0.3) is 17.0 Å². The van der Waals surface area contributed by atoms with Gasteiger partial charge in [0.15, 0.2) is 0 Å². The minimum atomic E-state index is -0.226.